The molecule has 0 aliphatic heterocycles. The summed E-state index contributed by atoms with van der Waals surface area (Å²) in [7, 11) is 0. The first-order valence-corrected chi connectivity index (χ1v) is 5.81. The van der Waals surface area contributed by atoms with Crippen LogP contribution in [0.5, 0.6) is 11.5 Å². The second kappa shape index (κ2) is 6.21. The van der Waals surface area contributed by atoms with Crippen molar-refractivity contribution in [1.82, 2.24) is 0 Å². The van der Waals surface area contributed by atoms with Gasteiger partial charge in [0.25, 0.3) is 0 Å². The van der Waals surface area contributed by atoms with Crippen molar-refractivity contribution >= 4 is 5.78 Å². The summed E-state index contributed by atoms with van der Waals surface area (Å²) in [6.45, 7) is 3.41. The molecule has 1 rings (SSSR count). The van der Waals surface area contributed by atoms with Crippen LogP contribution in [-0.4, -0.2) is 21.1 Å². The van der Waals surface area contributed by atoms with Crippen LogP contribution in [0.1, 0.15) is 37.0 Å². The molecule has 0 aliphatic carbocycles. The predicted molar refractivity (Wildman–Crippen MR) is 68.5 cm³/mol. The van der Waals surface area contributed by atoms with Crippen LogP contribution in [0, 0.1) is 6.92 Å². The van der Waals surface area contributed by atoms with E-state index in [1.54, 1.807) is 6.92 Å². The molecule has 18 heavy (non-hydrogen) atoms. The number of phenols is 2. The summed E-state index contributed by atoms with van der Waals surface area (Å²) in [5.41, 5.74) is 0.536. The smallest absolute Gasteiger partial charge is 0.166 e. The number of ketones is 1. The van der Waals surface area contributed by atoms with E-state index in [1.165, 1.54) is 12.1 Å². The molecule has 98 valence electrons. The maximum Gasteiger partial charge on any atom is 0.166 e. The second-order valence-corrected chi connectivity index (χ2v) is 4.16. The van der Waals surface area contributed by atoms with Crippen molar-refractivity contribution < 1.29 is 20.1 Å². The van der Waals surface area contributed by atoms with Gasteiger partial charge in [-0.25, -0.2) is 0 Å². The molecule has 0 aliphatic rings. The highest BCUT2D eigenvalue weighted by Crippen LogP contribution is 2.31. The maximum atomic E-state index is 11.7. The highest BCUT2D eigenvalue weighted by molar-refractivity contribution is 5.84. The van der Waals surface area contributed by atoms with E-state index in [0.717, 1.165) is 0 Å². The van der Waals surface area contributed by atoms with Crippen LogP contribution in [0.2, 0.25) is 0 Å². The number of carbonyl (C=O) groups excluding carboxylic acids is 1. The quantitative estimate of drug-likeness (QED) is 0.701. The van der Waals surface area contributed by atoms with Crippen LogP contribution >= 0.6 is 0 Å². The van der Waals surface area contributed by atoms with Crippen LogP contribution in [0.15, 0.2) is 24.3 Å². The minimum atomic E-state index is -1.31. The molecular weight excluding hydrogens is 232 g/mol. The Balaban J connectivity index is 2.83. The number of aromatic hydroxyl groups is 2. The Labute approximate surface area is 106 Å². The molecule has 0 radical (unpaired) electrons. The fourth-order valence-electron chi connectivity index (χ4n) is 1.58. The minimum absolute atomic E-state index is 0.134. The van der Waals surface area contributed by atoms with Crippen LogP contribution in [0.25, 0.3) is 0 Å². The van der Waals surface area contributed by atoms with Crippen LogP contribution < -0.4 is 0 Å². The van der Waals surface area contributed by atoms with Crippen molar-refractivity contribution in [2.75, 3.05) is 0 Å². The van der Waals surface area contributed by atoms with E-state index in [-0.39, 0.29) is 29.3 Å². The lowest BCUT2D eigenvalue weighted by Gasteiger charge is -2.12. The van der Waals surface area contributed by atoms with E-state index < -0.39 is 6.10 Å². The second-order valence-electron chi connectivity index (χ2n) is 4.16. The molecule has 0 saturated heterocycles. The molecule has 3 N–H and O–H groups in total. The van der Waals surface area contributed by atoms with Gasteiger partial charge in [-0.2, -0.15) is 0 Å². The Kier molecular flexibility index (Phi) is 4.92. The van der Waals surface area contributed by atoms with Gasteiger partial charge in [0.2, 0.25) is 0 Å². The van der Waals surface area contributed by atoms with Crippen molar-refractivity contribution in [1.29, 1.82) is 0 Å². The van der Waals surface area contributed by atoms with Gasteiger partial charge in [0.15, 0.2) is 5.78 Å². The highest BCUT2D eigenvalue weighted by Gasteiger charge is 2.19. The zero-order valence-corrected chi connectivity index (χ0v) is 10.6. The molecule has 1 aromatic carbocycles. The van der Waals surface area contributed by atoms with Gasteiger partial charge >= 0.3 is 0 Å². The normalized spacial score (nSPS) is 12.8. The van der Waals surface area contributed by atoms with Crippen molar-refractivity contribution in [2.45, 2.75) is 32.8 Å². The SMILES string of the molecule is C/C=C/CCC(=O)C(O)c1cc(O)c(C)c(O)c1. The molecule has 0 saturated carbocycles. The van der Waals surface area contributed by atoms with E-state index in [0.29, 0.717) is 12.0 Å². The van der Waals surface area contributed by atoms with Gasteiger partial charge < -0.3 is 15.3 Å². The van der Waals surface area contributed by atoms with Gasteiger partial charge in [-0.1, -0.05) is 12.2 Å². The number of allylic oxidation sites excluding steroid dienone is 2. The molecule has 1 atom stereocenters. The summed E-state index contributed by atoms with van der Waals surface area (Å²) in [4.78, 5) is 11.7. The van der Waals surface area contributed by atoms with E-state index >= 15 is 0 Å². The first-order chi connectivity index (χ1) is 8.47. The number of aliphatic hydroxyl groups excluding tert-OH is 1. The van der Waals surface area contributed by atoms with E-state index in [9.17, 15) is 20.1 Å². The highest BCUT2D eigenvalue weighted by atomic mass is 16.3. The Morgan fingerprint density at radius 3 is 2.39 bits per heavy atom. The Hall–Kier alpha value is -1.81. The molecule has 0 spiro atoms. The Morgan fingerprint density at radius 2 is 1.89 bits per heavy atom. The van der Waals surface area contributed by atoms with Crippen molar-refractivity contribution in [2.24, 2.45) is 0 Å². The number of aliphatic hydroxyl groups is 1. The summed E-state index contributed by atoms with van der Waals surface area (Å²) >= 11 is 0. The van der Waals surface area contributed by atoms with Crippen LogP contribution in [0.4, 0.5) is 0 Å². The molecule has 0 fully saturated rings. The summed E-state index contributed by atoms with van der Waals surface area (Å²) in [5, 5.41) is 28.9. The number of hydrogen-bond acceptors (Lipinski definition) is 4. The van der Waals surface area contributed by atoms with Crippen molar-refractivity contribution in [3.63, 3.8) is 0 Å². The average molecular weight is 250 g/mol. The van der Waals surface area contributed by atoms with E-state index in [1.807, 2.05) is 19.1 Å². The molecule has 1 unspecified atom stereocenters. The number of Topliss-reactive ketones (excluding diaryl/α,β-unsaturated/α-hetero) is 1. The van der Waals surface area contributed by atoms with Gasteiger partial charge in [0.1, 0.15) is 17.6 Å². The van der Waals surface area contributed by atoms with Gasteiger partial charge in [0.05, 0.1) is 0 Å². The summed E-state index contributed by atoms with van der Waals surface area (Å²) in [5.74, 6) is -0.605. The molecule has 1 aromatic rings. The predicted octanol–water partition coefficient (Wildman–Crippen LogP) is 2.37. The van der Waals surface area contributed by atoms with Crippen molar-refractivity contribution in [3.05, 3.63) is 35.4 Å². The minimum Gasteiger partial charge on any atom is -0.508 e. The first kappa shape index (κ1) is 14.3. The fourth-order valence-corrected chi connectivity index (χ4v) is 1.58. The average Bonchev–Trinajstić information content (AvgIpc) is 2.34. The number of rotatable bonds is 5. The van der Waals surface area contributed by atoms with E-state index in [4.69, 9.17) is 0 Å². The van der Waals surface area contributed by atoms with Crippen molar-refractivity contribution in [3.8, 4) is 11.5 Å². The summed E-state index contributed by atoms with van der Waals surface area (Å²) < 4.78 is 0. The van der Waals surface area contributed by atoms with Crippen LogP contribution in [-0.2, 0) is 4.79 Å². The van der Waals surface area contributed by atoms with Gasteiger partial charge in [0, 0.05) is 12.0 Å². The number of hydrogen-bond donors (Lipinski definition) is 3. The zero-order valence-electron chi connectivity index (χ0n) is 10.6. The number of phenolic OH excluding ortho intramolecular Hbond substituents is 2. The third-order valence-electron chi connectivity index (χ3n) is 2.79. The summed E-state index contributed by atoms with van der Waals surface area (Å²) in [6.07, 6.45) is 3.15. The number of benzene rings is 1. The third kappa shape index (κ3) is 3.34. The Bertz CT molecular complexity index is 440. The maximum absolute atomic E-state index is 11.7. The number of carbonyl (C=O) groups is 1. The largest absolute Gasteiger partial charge is 0.508 e. The topological polar surface area (TPSA) is 77.8 Å². The Morgan fingerprint density at radius 1 is 1.33 bits per heavy atom. The molecular formula is C14H18O4. The third-order valence-corrected chi connectivity index (χ3v) is 2.79. The zero-order chi connectivity index (χ0) is 13.7. The monoisotopic (exact) mass is 250 g/mol. The molecule has 0 amide bonds. The van der Waals surface area contributed by atoms with Gasteiger partial charge in [-0.05, 0) is 38.0 Å². The fraction of sp³-hybridized carbons (Fsp3) is 0.357. The van der Waals surface area contributed by atoms with Crippen LogP contribution in [0.3, 0.4) is 0 Å². The molecule has 0 bridgehead atoms. The van der Waals surface area contributed by atoms with Gasteiger partial charge in [-0.15, -0.1) is 0 Å². The standard InChI is InChI=1S/C14H18O4/c1-3-4-5-6-11(15)14(18)10-7-12(16)9(2)13(17)8-10/h3-4,7-8,14,16-18H,5-6H2,1-2H3/b4-3+. The lowest BCUT2D eigenvalue weighted by molar-refractivity contribution is -0.127. The molecule has 4 nitrogen and oxygen atoms in total. The first-order valence-electron chi connectivity index (χ1n) is 5.81. The molecule has 0 heterocycles. The van der Waals surface area contributed by atoms with E-state index in [2.05, 4.69) is 0 Å². The molecule has 4 heteroatoms. The summed E-state index contributed by atoms with van der Waals surface area (Å²) in [6, 6.07) is 2.60. The van der Waals surface area contributed by atoms with Gasteiger partial charge in [-0.3, -0.25) is 4.79 Å². The molecule has 0 aromatic heterocycles. The lowest BCUT2D eigenvalue weighted by atomic mass is 10.00. The lowest BCUT2D eigenvalue weighted by Crippen LogP contribution is -2.11.